The standard InChI is InChI=1S/C22H30ClFO3.C2H6/c1-13-10-16-15-8-7-14-6-4-5-9-19(14,2)21(15,24)17(25)11-20(16,3)22(13,27)18(26)12-23;1-2/h4-6,13,15-17,25,27H,7-12H2,1-3H3;1-2H3/t13-,15-,16-,17-,19-,20-,21-,22-;/m0./s1. The van der Waals surface area contributed by atoms with Crippen molar-refractivity contribution in [1.82, 2.24) is 0 Å². The van der Waals surface area contributed by atoms with E-state index in [4.69, 9.17) is 11.6 Å². The van der Waals surface area contributed by atoms with Crippen LogP contribution in [-0.2, 0) is 4.79 Å². The van der Waals surface area contributed by atoms with Gasteiger partial charge in [0.05, 0.1) is 12.0 Å². The molecule has 3 nitrogen and oxygen atoms in total. The lowest BCUT2D eigenvalue weighted by Gasteiger charge is -2.63. The lowest BCUT2D eigenvalue weighted by molar-refractivity contribution is -0.225. The van der Waals surface area contributed by atoms with Crippen LogP contribution in [0.1, 0.15) is 66.7 Å². The number of rotatable bonds is 2. The maximum Gasteiger partial charge on any atom is 0.179 e. The minimum atomic E-state index is -1.75. The molecule has 8 atom stereocenters. The number of carbonyl (C=O) groups excluding carboxylic acids is 1. The van der Waals surface area contributed by atoms with Crippen molar-refractivity contribution in [2.75, 3.05) is 5.88 Å². The fourth-order valence-corrected chi connectivity index (χ4v) is 7.63. The zero-order valence-electron chi connectivity index (χ0n) is 18.3. The number of hydrogen-bond acceptors (Lipinski definition) is 3. The highest BCUT2D eigenvalue weighted by atomic mass is 35.5. The number of Topliss-reactive ketones (excluding diaryl/α,β-unsaturated/α-hetero) is 1. The highest BCUT2D eigenvalue weighted by molar-refractivity contribution is 6.29. The van der Waals surface area contributed by atoms with E-state index in [9.17, 15) is 15.0 Å². The molecule has 4 aliphatic carbocycles. The van der Waals surface area contributed by atoms with Crippen molar-refractivity contribution in [2.45, 2.75) is 84.1 Å². The van der Waals surface area contributed by atoms with Gasteiger partial charge in [-0.2, -0.15) is 0 Å². The Hall–Kier alpha value is -0.710. The first kappa shape index (κ1) is 23.0. The molecule has 2 N–H and O–H groups in total. The molecule has 0 bridgehead atoms. The number of aliphatic hydroxyl groups is 2. The number of halogens is 2. The topological polar surface area (TPSA) is 57.5 Å². The van der Waals surface area contributed by atoms with Gasteiger partial charge in [-0.1, -0.05) is 58.4 Å². The average molecular weight is 427 g/mol. The molecule has 0 radical (unpaired) electrons. The first-order chi connectivity index (χ1) is 13.6. The lowest BCUT2D eigenvalue weighted by atomic mass is 9.44. The van der Waals surface area contributed by atoms with E-state index in [1.54, 1.807) is 0 Å². The van der Waals surface area contributed by atoms with Crippen molar-refractivity contribution in [3.05, 3.63) is 23.8 Å². The second-order valence-electron chi connectivity index (χ2n) is 9.77. The Morgan fingerprint density at radius 3 is 2.59 bits per heavy atom. The van der Waals surface area contributed by atoms with Gasteiger partial charge in [0.15, 0.2) is 5.78 Å². The van der Waals surface area contributed by atoms with E-state index in [2.05, 4.69) is 0 Å². The van der Waals surface area contributed by atoms with Crippen molar-refractivity contribution >= 4 is 17.4 Å². The van der Waals surface area contributed by atoms with Crippen LogP contribution in [0.5, 0.6) is 0 Å². The van der Waals surface area contributed by atoms with Crippen molar-refractivity contribution in [2.24, 2.45) is 28.6 Å². The summed E-state index contributed by atoms with van der Waals surface area (Å²) in [6, 6.07) is 0. The number of fused-ring (bicyclic) bond motifs is 5. The summed E-state index contributed by atoms with van der Waals surface area (Å²) >= 11 is 5.83. The van der Waals surface area contributed by atoms with E-state index in [-0.39, 0.29) is 30.1 Å². The molecule has 3 saturated carbocycles. The predicted octanol–water partition coefficient (Wildman–Crippen LogP) is 4.99. The third-order valence-electron chi connectivity index (χ3n) is 8.92. The molecule has 5 heteroatoms. The van der Waals surface area contributed by atoms with Crippen LogP contribution in [0.3, 0.4) is 0 Å². The minimum absolute atomic E-state index is 0.0840. The van der Waals surface area contributed by atoms with E-state index in [0.717, 1.165) is 12.0 Å². The molecule has 0 spiro atoms. The number of allylic oxidation sites excluding steroid dienone is 4. The second-order valence-corrected chi connectivity index (χ2v) is 10.0. The summed E-state index contributed by atoms with van der Waals surface area (Å²) < 4.78 is 16.9. The van der Waals surface area contributed by atoms with Gasteiger partial charge in [0, 0.05) is 16.7 Å². The van der Waals surface area contributed by atoms with E-state index in [1.165, 1.54) is 0 Å². The molecular formula is C24H36ClFO3. The second kappa shape index (κ2) is 7.46. The highest BCUT2D eigenvalue weighted by Gasteiger charge is 2.75. The van der Waals surface area contributed by atoms with Gasteiger partial charge < -0.3 is 10.2 Å². The summed E-state index contributed by atoms with van der Waals surface area (Å²) in [7, 11) is 0. The van der Waals surface area contributed by atoms with Crippen LogP contribution < -0.4 is 0 Å². The van der Waals surface area contributed by atoms with Gasteiger partial charge in [0.1, 0.15) is 11.3 Å². The van der Waals surface area contributed by atoms with Crippen molar-refractivity contribution in [1.29, 1.82) is 0 Å². The molecule has 3 fully saturated rings. The molecule has 0 unspecified atom stereocenters. The molecule has 29 heavy (non-hydrogen) atoms. The molecule has 0 aromatic rings. The number of ketones is 1. The molecular weight excluding hydrogens is 391 g/mol. The Labute approximate surface area is 179 Å². The molecule has 4 rings (SSSR count). The predicted molar refractivity (Wildman–Crippen MR) is 115 cm³/mol. The van der Waals surface area contributed by atoms with E-state index in [1.807, 2.05) is 52.8 Å². The van der Waals surface area contributed by atoms with E-state index in [0.29, 0.717) is 19.3 Å². The van der Waals surface area contributed by atoms with Crippen molar-refractivity contribution in [3.8, 4) is 0 Å². The Bertz CT molecular complexity index is 736. The van der Waals surface area contributed by atoms with Gasteiger partial charge in [-0.15, -0.1) is 11.6 Å². The maximum atomic E-state index is 16.9. The summed E-state index contributed by atoms with van der Waals surface area (Å²) in [5.41, 5.74) is -3.87. The van der Waals surface area contributed by atoms with Gasteiger partial charge in [-0.25, -0.2) is 4.39 Å². The fourth-order valence-electron chi connectivity index (χ4n) is 7.42. The largest absolute Gasteiger partial charge is 0.390 e. The van der Waals surface area contributed by atoms with Gasteiger partial charge >= 0.3 is 0 Å². The Balaban J connectivity index is 0.00000117. The van der Waals surface area contributed by atoms with E-state index < -0.39 is 34.0 Å². The normalized spacial score (nSPS) is 50.4. The summed E-state index contributed by atoms with van der Waals surface area (Å²) in [4.78, 5) is 12.7. The average Bonchev–Trinajstić information content (AvgIpc) is 2.91. The number of hydrogen-bond donors (Lipinski definition) is 2. The smallest absolute Gasteiger partial charge is 0.179 e. The molecule has 0 amide bonds. The van der Waals surface area contributed by atoms with Crippen LogP contribution in [0.4, 0.5) is 4.39 Å². The maximum absolute atomic E-state index is 16.9. The molecule has 0 saturated heterocycles. The van der Waals surface area contributed by atoms with Gasteiger partial charge in [0.25, 0.3) is 0 Å². The van der Waals surface area contributed by atoms with Gasteiger partial charge in [-0.05, 0) is 43.9 Å². The quantitative estimate of drug-likeness (QED) is 0.611. The Morgan fingerprint density at radius 2 is 1.97 bits per heavy atom. The van der Waals surface area contributed by atoms with Crippen LogP contribution in [0, 0.1) is 28.6 Å². The van der Waals surface area contributed by atoms with E-state index >= 15 is 4.39 Å². The first-order valence-corrected chi connectivity index (χ1v) is 11.7. The zero-order chi connectivity index (χ0) is 21.8. The SMILES string of the molecule is CC.C[C@H]1C[C@H]2[C@@H]3CCC4=CC=CC[C@]4(C)[C@@]3(F)[C@@H](O)C[C@]2(C)[C@@]1(O)C(=O)CCl. The Morgan fingerprint density at radius 1 is 1.31 bits per heavy atom. The molecule has 4 aliphatic rings. The van der Waals surface area contributed by atoms with Gasteiger partial charge in [0.2, 0.25) is 0 Å². The van der Waals surface area contributed by atoms with Crippen LogP contribution >= 0.6 is 11.6 Å². The fraction of sp³-hybridized carbons (Fsp3) is 0.792. The first-order valence-electron chi connectivity index (χ1n) is 11.1. The van der Waals surface area contributed by atoms with Crippen LogP contribution in [0.2, 0.25) is 0 Å². The summed E-state index contributed by atoms with van der Waals surface area (Å²) in [5, 5.41) is 22.7. The molecule has 0 aromatic heterocycles. The lowest BCUT2D eigenvalue weighted by Crippen LogP contribution is -2.69. The van der Waals surface area contributed by atoms with Gasteiger partial charge in [-0.3, -0.25) is 4.79 Å². The van der Waals surface area contributed by atoms with Crippen molar-refractivity contribution < 1.29 is 19.4 Å². The summed E-state index contributed by atoms with van der Waals surface area (Å²) in [5.74, 6) is -1.49. The van der Waals surface area contributed by atoms with Crippen LogP contribution in [-0.4, -0.2) is 39.3 Å². The highest BCUT2D eigenvalue weighted by Crippen LogP contribution is 2.71. The van der Waals surface area contributed by atoms with Crippen LogP contribution in [0.25, 0.3) is 0 Å². The molecule has 164 valence electrons. The molecule has 0 aromatic carbocycles. The number of carbonyl (C=O) groups is 1. The number of aliphatic hydroxyl groups excluding tert-OH is 1. The third kappa shape index (κ3) is 2.64. The monoisotopic (exact) mass is 426 g/mol. The molecule has 0 aliphatic heterocycles. The zero-order valence-corrected chi connectivity index (χ0v) is 19.1. The summed E-state index contributed by atoms with van der Waals surface area (Å²) in [6.07, 6.45) is 7.44. The molecule has 0 heterocycles. The third-order valence-corrected chi connectivity index (χ3v) is 9.17. The van der Waals surface area contributed by atoms with Crippen molar-refractivity contribution in [3.63, 3.8) is 0 Å². The minimum Gasteiger partial charge on any atom is -0.390 e. The Kier molecular flexibility index (Phi) is 5.91. The number of alkyl halides is 2. The summed E-state index contributed by atoms with van der Waals surface area (Å²) in [6.45, 7) is 9.66. The van der Waals surface area contributed by atoms with Crippen LogP contribution in [0.15, 0.2) is 23.8 Å².